The van der Waals surface area contributed by atoms with Crippen molar-refractivity contribution in [1.29, 1.82) is 0 Å². The van der Waals surface area contributed by atoms with E-state index in [4.69, 9.17) is 9.47 Å². The molecule has 0 aromatic heterocycles. The number of carbonyl (C=O) groups excluding carboxylic acids is 1. The van der Waals surface area contributed by atoms with Crippen LogP contribution in [0.25, 0.3) is 5.57 Å². The summed E-state index contributed by atoms with van der Waals surface area (Å²) in [5.74, 6) is 0.636. The molecule has 3 rings (SSSR count). The number of rotatable bonds is 4. The van der Waals surface area contributed by atoms with Crippen LogP contribution in [-0.2, 0) is 15.1 Å². The maximum absolute atomic E-state index is 12.7. The number of para-hydroxylation sites is 1. The minimum atomic E-state index is -1.09. The predicted molar refractivity (Wildman–Crippen MR) is 85.7 cm³/mol. The molecule has 3 nitrogen and oxygen atoms in total. The van der Waals surface area contributed by atoms with Crippen molar-refractivity contribution in [2.45, 2.75) is 12.5 Å². The van der Waals surface area contributed by atoms with Crippen molar-refractivity contribution < 1.29 is 14.3 Å². The molecule has 1 aliphatic rings. The number of ether oxygens (including phenoxy) is 2. The van der Waals surface area contributed by atoms with Gasteiger partial charge in [-0.05, 0) is 18.6 Å². The van der Waals surface area contributed by atoms with Crippen molar-refractivity contribution in [2.75, 3.05) is 14.2 Å². The molecule has 0 spiro atoms. The maximum atomic E-state index is 12.7. The molecular formula is C19H18O3. The Bertz CT molecular complexity index is 746. The fourth-order valence-electron chi connectivity index (χ4n) is 3.21. The Morgan fingerprint density at radius 2 is 1.55 bits per heavy atom. The van der Waals surface area contributed by atoms with E-state index in [0.717, 1.165) is 22.3 Å². The van der Waals surface area contributed by atoms with Crippen LogP contribution < -0.4 is 4.74 Å². The van der Waals surface area contributed by atoms with Crippen LogP contribution in [0.15, 0.2) is 60.2 Å². The van der Waals surface area contributed by atoms with Crippen LogP contribution in [0.2, 0.25) is 0 Å². The van der Waals surface area contributed by atoms with Gasteiger partial charge in [0.15, 0.2) is 11.4 Å². The zero-order valence-corrected chi connectivity index (χ0v) is 12.9. The number of ketones is 1. The van der Waals surface area contributed by atoms with E-state index in [0.29, 0.717) is 5.75 Å². The second kappa shape index (κ2) is 5.43. The summed E-state index contributed by atoms with van der Waals surface area (Å²) >= 11 is 0. The highest BCUT2D eigenvalue weighted by Crippen LogP contribution is 2.53. The van der Waals surface area contributed by atoms with Crippen LogP contribution in [0.5, 0.6) is 5.75 Å². The molecule has 0 heterocycles. The van der Waals surface area contributed by atoms with Crippen molar-refractivity contribution in [3.05, 3.63) is 71.3 Å². The van der Waals surface area contributed by atoms with Gasteiger partial charge in [0.25, 0.3) is 0 Å². The number of benzene rings is 2. The fraction of sp³-hybridized carbons (Fsp3) is 0.211. The van der Waals surface area contributed by atoms with Gasteiger partial charge in [0, 0.05) is 23.8 Å². The van der Waals surface area contributed by atoms with E-state index in [-0.39, 0.29) is 5.78 Å². The molecule has 0 saturated carbocycles. The van der Waals surface area contributed by atoms with Crippen molar-refractivity contribution in [2.24, 2.45) is 0 Å². The first kappa shape index (κ1) is 14.5. The molecule has 0 aliphatic heterocycles. The van der Waals surface area contributed by atoms with Gasteiger partial charge < -0.3 is 9.47 Å². The number of methoxy groups -OCH3 is 2. The van der Waals surface area contributed by atoms with E-state index in [1.54, 1.807) is 14.2 Å². The molecule has 112 valence electrons. The highest BCUT2D eigenvalue weighted by atomic mass is 16.5. The van der Waals surface area contributed by atoms with Gasteiger partial charge in [0.1, 0.15) is 5.75 Å². The Morgan fingerprint density at radius 1 is 0.909 bits per heavy atom. The van der Waals surface area contributed by atoms with E-state index < -0.39 is 5.60 Å². The molecule has 1 unspecified atom stereocenters. The number of hydrogen-bond acceptors (Lipinski definition) is 3. The zero-order valence-electron chi connectivity index (χ0n) is 12.9. The molecule has 1 atom stereocenters. The van der Waals surface area contributed by atoms with E-state index in [2.05, 4.69) is 0 Å². The van der Waals surface area contributed by atoms with E-state index >= 15 is 0 Å². The molecule has 2 aromatic carbocycles. The first-order chi connectivity index (χ1) is 10.7. The van der Waals surface area contributed by atoms with Crippen molar-refractivity contribution in [3.8, 4) is 5.75 Å². The highest BCUT2D eigenvalue weighted by molar-refractivity contribution is 6.24. The molecule has 2 aromatic rings. The minimum absolute atomic E-state index is 0.0154. The highest BCUT2D eigenvalue weighted by Gasteiger charge is 2.55. The second-order valence-corrected chi connectivity index (χ2v) is 5.28. The summed E-state index contributed by atoms with van der Waals surface area (Å²) < 4.78 is 11.2. The molecule has 0 N–H and O–H groups in total. The Labute approximate surface area is 130 Å². The average molecular weight is 294 g/mol. The van der Waals surface area contributed by atoms with Crippen LogP contribution >= 0.6 is 0 Å². The summed E-state index contributed by atoms with van der Waals surface area (Å²) in [5.41, 5.74) is 2.30. The zero-order chi connectivity index (χ0) is 15.7. The summed E-state index contributed by atoms with van der Waals surface area (Å²) in [6.07, 6.45) is 0. The largest absolute Gasteiger partial charge is 0.496 e. The first-order valence-corrected chi connectivity index (χ1v) is 7.17. The Morgan fingerprint density at radius 3 is 2.18 bits per heavy atom. The maximum Gasteiger partial charge on any atom is 0.200 e. The number of Topliss-reactive ketones (excluding diaryl/α,β-unsaturated/α-hetero) is 1. The van der Waals surface area contributed by atoms with E-state index in [9.17, 15) is 4.79 Å². The summed E-state index contributed by atoms with van der Waals surface area (Å²) in [6.45, 7) is 1.84. The van der Waals surface area contributed by atoms with Gasteiger partial charge in [-0.25, -0.2) is 0 Å². The number of hydrogen-bond donors (Lipinski definition) is 0. The summed E-state index contributed by atoms with van der Waals surface area (Å²) in [6, 6.07) is 17.4. The lowest BCUT2D eigenvalue weighted by molar-refractivity contribution is -0.134. The molecule has 0 fully saturated rings. The standard InChI is InChI=1S/C19H18O3/c1-13-17(14-9-5-4-6-10-14)19(22-3,18(13)20)15-11-7-8-12-16(15)21-2/h4-12H,1-3H3. The van der Waals surface area contributed by atoms with Gasteiger partial charge in [-0.3, -0.25) is 4.79 Å². The van der Waals surface area contributed by atoms with E-state index in [1.165, 1.54) is 0 Å². The van der Waals surface area contributed by atoms with Gasteiger partial charge in [0.2, 0.25) is 0 Å². The summed E-state index contributed by atoms with van der Waals surface area (Å²) in [7, 11) is 3.17. The van der Waals surface area contributed by atoms with Crippen LogP contribution in [0.3, 0.4) is 0 Å². The van der Waals surface area contributed by atoms with Gasteiger partial charge in [-0.1, -0.05) is 48.5 Å². The van der Waals surface area contributed by atoms with Gasteiger partial charge in [0.05, 0.1) is 7.11 Å². The predicted octanol–water partition coefficient (Wildman–Crippen LogP) is 3.59. The van der Waals surface area contributed by atoms with Crippen LogP contribution in [0.4, 0.5) is 0 Å². The first-order valence-electron chi connectivity index (χ1n) is 7.17. The van der Waals surface area contributed by atoms with Crippen molar-refractivity contribution in [1.82, 2.24) is 0 Å². The second-order valence-electron chi connectivity index (χ2n) is 5.28. The molecule has 3 heteroatoms. The molecule has 0 amide bonds. The minimum Gasteiger partial charge on any atom is -0.496 e. The molecular weight excluding hydrogens is 276 g/mol. The molecule has 0 radical (unpaired) electrons. The van der Waals surface area contributed by atoms with Crippen LogP contribution in [0.1, 0.15) is 18.1 Å². The SMILES string of the molecule is COc1ccccc1C1(OC)C(=O)C(C)=C1c1ccccc1. The molecule has 0 bridgehead atoms. The lowest BCUT2D eigenvalue weighted by atomic mass is 9.65. The molecule has 1 aliphatic carbocycles. The van der Waals surface area contributed by atoms with Crippen LogP contribution in [0, 0.1) is 0 Å². The lowest BCUT2D eigenvalue weighted by Gasteiger charge is -2.43. The average Bonchev–Trinajstić information content (AvgIpc) is 2.59. The quantitative estimate of drug-likeness (QED) is 0.864. The third-order valence-corrected chi connectivity index (χ3v) is 4.24. The smallest absolute Gasteiger partial charge is 0.200 e. The molecule has 0 saturated heterocycles. The lowest BCUT2D eigenvalue weighted by Crippen LogP contribution is -2.48. The normalized spacial score (nSPS) is 20.8. The van der Waals surface area contributed by atoms with Gasteiger partial charge in [-0.2, -0.15) is 0 Å². The monoisotopic (exact) mass is 294 g/mol. The Hall–Kier alpha value is -2.39. The van der Waals surface area contributed by atoms with E-state index in [1.807, 2.05) is 61.5 Å². The Kier molecular flexibility index (Phi) is 3.59. The third kappa shape index (κ3) is 1.82. The number of carbonyl (C=O) groups is 1. The summed E-state index contributed by atoms with van der Waals surface area (Å²) in [5, 5.41) is 0. The van der Waals surface area contributed by atoms with Crippen molar-refractivity contribution in [3.63, 3.8) is 0 Å². The Balaban J connectivity index is 2.24. The summed E-state index contributed by atoms with van der Waals surface area (Å²) in [4.78, 5) is 12.7. The van der Waals surface area contributed by atoms with Gasteiger partial charge >= 0.3 is 0 Å². The van der Waals surface area contributed by atoms with Gasteiger partial charge in [-0.15, -0.1) is 0 Å². The topological polar surface area (TPSA) is 35.5 Å². The van der Waals surface area contributed by atoms with Crippen molar-refractivity contribution >= 4 is 11.4 Å². The third-order valence-electron chi connectivity index (χ3n) is 4.24. The van der Waals surface area contributed by atoms with Crippen LogP contribution in [-0.4, -0.2) is 20.0 Å². The fourth-order valence-corrected chi connectivity index (χ4v) is 3.21. The molecule has 22 heavy (non-hydrogen) atoms.